The van der Waals surface area contributed by atoms with Crippen molar-refractivity contribution in [2.24, 2.45) is 5.92 Å². The first-order chi connectivity index (χ1) is 8.81. The molecule has 4 nitrogen and oxygen atoms in total. The number of nitrogens with one attached hydrogen (secondary N) is 1. The average molecular weight is 326 g/mol. The van der Waals surface area contributed by atoms with Gasteiger partial charge >= 0.3 is 0 Å². The van der Waals surface area contributed by atoms with Crippen molar-refractivity contribution in [2.45, 2.75) is 31.2 Å². The lowest BCUT2D eigenvalue weighted by Crippen LogP contribution is -2.41. The monoisotopic (exact) mass is 325 g/mol. The van der Waals surface area contributed by atoms with Crippen molar-refractivity contribution in [3.8, 4) is 0 Å². The molecular weight excluding hydrogens is 309 g/mol. The third-order valence-corrected chi connectivity index (χ3v) is 5.26. The largest absolute Gasteiger partial charge is 0.395 e. The Bertz CT molecular complexity index is 534. The van der Waals surface area contributed by atoms with E-state index in [0.717, 1.165) is 6.42 Å². The van der Waals surface area contributed by atoms with Crippen LogP contribution in [0.1, 0.15) is 20.3 Å². The van der Waals surface area contributed by atoms with E-state index in [1.807, 2.05) is 13.8 Å². The number of hydrogen-bond donors (Lipinski definition) is 2. The van der Waals surface area contributed by atoms with E-state index in [2.05, 4.69) is 4.72 Å². The summed E-state index contributed by atoms with van der Waals surface area (Å²) in [5, 5.41) is 9.73. The number of benzene rings is 1. The fraction of sp³-hybridized carbons (Fsp3) is 0.500. The van der Waals surface area contributed by atoms with Crippen LogP contribution in [0, 0.1) is 5.92 Å². The first kappa shape index (κ1) is 16.7. The molecule has 0 amide bonds. The lowest BCUT2D eigenvalue weighted by atomic mass is 10.0. The van der Waals surface area contributed by atoms with Gasteiger partial charge in [0.25, 0.3) is 0 Å². The minimum absolute atomic E-state index is 0.0301. The summed E-state index contributed by atoms with van der Waals surface area (Å²) in [7, 11) is -3.72. The van der Waals surface area contributed by atoms with Gasteiger partial charge in [-0.2, -0.15) is 0 Å². The Hall–Kier alpha value is -0.330. The summed E-state index contributed by atoms with van der Waals surface area (Å²) in [4.78, 5) is 0.0312. The summed E-state index contributed by atoms with van der Waals surface area (Å²) in [5.74, 6) is 0.0301. The van der Waals surface area contributed by atoms with Crippen molar-refractivity contribution in [1.82, 2.24) is 4.72 Å². The summed E-state index contributed by atoms with van der Waals surface area (Å²) in [6, 6.07) is 3.57. The predicted octanol–water partition coefficient (Wildman–Crippen LogP) is 2.68. The van der Waals surface area contributed by atoms with Crippen molar-refractivity contribution in [3.63, 3.8) is 0 Å². The molecule has 1 unspecified atom stereocenters. The van der Waals surface area contributed by atoms with Crippen LogP contribution in [-0.2, 0) is 10.0 Å². The van der Waals surface area contributed by atoms with Crippen LogP contribution in [0.4, 0.5) is 0 Å². The average Bonchev–Trinajstić information content (AvgIpc) is 2.38. The van der Waals surface area contributed by atoms with Crippen LogP contribution in [0.3, 0.4) is 0 Å². The lowest BCUT2D eigenvalue weighted by molar-refractivity contribution is 0.219. The van der Waals surface area contributed by atoms with Gasteiger partial charge in [0.15, 0.2) is 0 Å². The van der Waals surface area contributed by atoms with Crippen LogP contribution in [0.5, 0.6) is 0 Å². The van der Waals surface area contributed by atoms with Crippen molar-refractivity contribution in [2.75, 3.05) is 6.61 Å². The lowest BCUT2D eigenvalue weighted by Gasteiger charge is -2.22. The molecule has 19 heavy (non-hydrogen) atoms. The van der Waals surface area contributed by atoms with Gasteiger partial charge in [-0.15, -0.1) is 0 Å². The van der Waals surface area contributed by atoms with E-state index in [1.54, 1.807) is 0 Å². The van der Waals surface area contributed by atoms with E-state index in [1.165, 1.54) is 18.2 Å². The molecule has 0 aliphatic heterocycles. The molecule has 0 radical (unpaired) electrons. The smallest absolute Gasteiger partial charge is 0.240 e. The molecular formula is C12H17Cl2NO3S. The normalized spacial score (nSPS) is 15.2. The van der Waals surface area contributed by atoms with Gasteiger partial charge in [-0.1, -0.05) is 43.5 Å². The molecule has 1 aromatic rings. The molecule has 0 aliphatic carbocycles. The van der Waals surface area contributed by atoms with E-state index in [0.29, 0.717) is 5.02 Å². The molecule has 0 aliphatic rings. The SMILES string of the molecule is CC[C@H](C)C(CO)NS(=O)(=O)c1ccc(Cl)c(Cl)c1. The second-order valence-electron chi connectivity index (χ2n) is 4.37. The third kappa shape index (κ3) is 4.33. The van der Waals surface area contributed by atoms with Gasteiger partial charge in [-0.25, -0.2) is 13.1 Å². The molecule has 0 fully saturated rings. The van der Waals surface area contributed by atoms with Crippen LogP contribution in [-0.4, -0.2) is 26.2 Å². The maximum absolute atomic E-state index is 12.2. The van der Waals surface area contributed by atoms with Gasteiger partial charge in [-0.3, -0.25) is 0 Å². The molecule has 108 valence electrons. The van der Waals surface area contributed by atoms with E-state index in [4.69, 9.17) is 23.2 Å². The molecule has 0 aromatic heterocycles. The highest BCUT2D eigenvalue weighted by Crippen LogP contribution is 2.25. The number of sulfonamides is 1. The Morgan fingerprint density at radius 1 is 1.32 bits per heavy atom. The number of aliphatic hydroxyl groups is 1. The molecule has 0 bridgehead atoms. The first-order valence-corrected chi connectivity index (χ1v) is 8.14. The Balaban J connectivity index is 3.00. The number of rotatable bonds is 6. The second kappa shape index (κ2) is 6.90. The second-order valence-corrected chi connectivity index (χ2v) is 6.90. The Morgan fingerprint density at radius 2 is 1.95 bits per heavy atom. The van der Waals surface area contributed by atoms with Crippen LogP contribution in [0.15, 0.2) is 23.1 Å². The number of halogens is 2. The van der Waals surface area contributed by atoms with Gasteiger partial charge < -0.3 is 5.11 Å². The highest BCUT2D eigenvalue weighted by atomic mass is 35.5. The minimum Gasteiger partial charge on any atom is -0.395 e. The fourth-order valence-electron chi connectivity index (χ4n) is 1.53. The molecule has 0 heterocycles. The zero-order valence-electron chi connectivity index (χ0n) is 10.7. The fourth-order valence-corrected chi connectivity index (χ4v) is 3.25. The summed E-state index contributed by atoms with van der Waals surface area (Å²) in [6.45, 7) is 3.55. The minimum atomic E-state index is -3.72. The summed E-state index contributed by atoms with van der Waals surface area (Å²) >= 11 is 11.6. The van der Waals surface area contributed by atoms with Crippen molar-refractivity contribution in [3.05, 3.63) is 28.2 Å². The van der Waals surface area contributed by atoms with Gasteiger partial charge in [-0.05, 0) is 24.1 Å². The molecule has 1 aromatic carbocycles. The Labute approximate surface area is 123 Å². The van der Waals surface area contributed by atoms with Gasteiger partial charge in [0.1, 0.15) is 0 Å². The Morgan fingerprint density at radius 3 is 2.42 bits per heavy atom. The van der Waals surface area contributed by atoms with Crippen LogP contribution < -0.4 is 4.72 Å². The molecule has 2 N–H and O–H groups in total. The topological polar surface area (TPSA) is 66.4 Å². The highest BCUT2D eigenvalue weighted by Gasteiger charge is 2.23. The van der Waals surface area contributed by atoms with E-state index >= 15 is 0 Å². The third-order valence-electron chi connectivity index (χ3n) is 3.04. The molecule has 0 spiro atoms. The van der Waals surface area contributed by atoms with Gasteiger partial charge in [0.2, 0.25) is 10.0 Å². The summed E-state index contributed by atoms with van der Waals surface area (Å²) in [6.07, 6.45) is 0.759. The summed E-state index contributed by atoms with van der Waals surface area (Å²) < 4.78 is 26.8. The molecule has 2 atom stereocenters. The summed E-state index contributed by atoms with van der Waals surface area (Å²) in [5.41, 5.74) is 0. The van der Waals surface area contributed by atoms with Gasteiger partial charge in [0.05, 0.1) is 21.5 Å². The molecule has 0 saturated carbocycles. The van der Waals surface area contributed by atoms with Crippen LogP contribution >= 0.6 is 23.2 Å². The molecule has 1 rings (SSSR count). The van der Waals surface area contributed by atoms with E-state index < -0.39 is 16.1 Å². The zero-order chi connectivity index (χ0) is 14.6. The zero-order valence-corrected chi connectivity index (χ0v) is 13.1. The first-order valence-electron chi connectivity index (χ1n) is 5.90. The standard InChI is InChI=1S/C12H17Cl2NO3S/c1-3-8(2)12(7-16)15-19(17,18)9-4-5-10(13)11(14)6-9/h4-6,8,12,15-16H,3,7H2,1-2H3/t8-,12?/m0/s1. The van der Waals surface area contributed by atoms with Crippen LogP contribution in [0.2, 0.25) is 10.0 Å². The molecule has 0 saturated heterocycles. The quantitative estimate of drug-likeness (QED) is 0.845. The highest BCUT2D eigenvalue weighted by molar-refractivity contribution is 7.89. The maximum atomic E-state index is 12.2. The van der Waals surface area contributed by atoms with E-state index in [-0.39, 0.29) is 22.4 Å². The van der Waals surface area contributed by atoms with Gasteiger partial charge in [0, 0.05) is 6.04 Å². The van der Waals surface area contributed by atoms with Crippen LogP contribution in [0.25, 0.3) is 0 Å². The van der Waals surface area contributed by atoms with Crippen molar-refractivity contribution >= 4 is 33.2 Å². The maximum Gasteiger partial charge on any atom is 0.240 e. The number of hydrogen-bond acceptors (Lipinski definition) is 3. The number of aliphatic hydroxyl groups excluding tert-OH is 1. The van der Waals surface area contributed by atoms with Crippen molar-refractivity contribution < 1.29 is 13.5 Å². The van der Waals surface area contributed by atoms with E-state index in [9.17, 15) is 13.5 Å². The molecule has 7 heteroatoms. The predicted molar refractivity (Wildman–Crippen MR) is 77.1 cm³/mol. The Kier molecular flexibility index (Phi) is 6.08. The van der Waals surface area contributed by atoms with Crippen molar-refractivity contribution in [1.29, 1.82) is 0 Å².